The van der Waals surface area contributed by atoms with Crippen LogP contribution in [0.25, 0.3) is 0 Å². The fraction of sp³-hybridized carbons (Fsp3) is 1.00. The van der Waals surface area contributed by atoms with Crippen LogP contribution in [0.4, 0.5) is 8.78 Å². The van der Waals surface area contributed by atoms with Crippen LogP contribution in [0.2, 0.25) is 0 Å². The lowest BCUT2D eigenvalue weighted by atomic mass is 9.60. The van der Waals surface area contributed by atoms with Crippen LogP contribution < -0.4 is 0 Å². The summed E-state index contributed by atoms with van der Waals surface area (Å²) in [4.78, 5) is 0. The van der Waals surface area contributed by atoms with Crippen LogP contribution in [-0.4, -0.2) is 19.1 Å². The van der Waals surface area contributed by atoms with Crippen molar-refractivity contribution < 1.29 is 13.5 Å². The van der Waals surface area contributed by atoms with Crippen molar-refractivity contribution in [1.29, 1.82) is 0 Å². The van der Waals surface area contributed by atoms with E-state index in [2.05, 4.69) is 0 Å². The molecule has 0 bridgehead atoms. The van der Waals surface area contributed by atoms with Crippen LogP contribution in [0.3, 0.4) is 0 Å². The van der Waals surface area contributed by atoms with Gasteiger partial charge in [-0.2, -0.15) is 0 Å². The van der Waals surface area contributed by atoms with Crippen molar-refractivity contribution in [3.63, 3.8) is 0 Å². The van der Waals surface area contributed by atoms with Crippen molar-refractivity contribution in [3.8, 4) is 0 Å². The molecule has 0 amide bonds. The molecule has 2 atom stereocenters. The number of ether oxygens (including phenoxy) is 1. The van der Waals surface area contributed by atoms with Gasteiger partial charge < -0.3 is 4.74 Å². The van der Waals surface area contributed by atoms with E-state index in [0.29, 0.717) is 12.3 Å². The van der Waals surface area contributed by atoms with Gasteiger partial charge in [-0.15, -0.1) is 0 Å². The van der Waals surface area contributed by atoms with Gasteiger partial charge in [-0.1, -0.05) is 6.92 Å². The molecule has 0 aromatic heterocycles. The van der Waals surface area contributed by atoms with Crippen LogP contribution in [0.1, 0.15) is 39.0 Å². The Hall–Kier alpha value is -0.180. The molecule has 14 heavy (non-hydrogen) atoms. The number of halogens is 2. The predicted molar refractivity (Wildman–Crippen MR) is 50.4 cm³/mol. The van der Waals surface area contributed by atoms with E-state index < -0.39 is 5.92 Å². The maximum Gasteiger partial charge on any atom is 0.247 e. The van der Waals surface area contributed by atoms with E-state index >= 15 is 0 Å². The molecule has 2 aliphatic rings. The molecule has 2 fully saturated rings. The van der Waals surface area contributed by atoms with Gasteiger partial charge in [-0.25, -0.2) is 8.78 Å². The lowest BCUT2D eigenvalue weighted by Gasteiger charge is -2.44. The van der Waals surface area contributed by atoms with Crippen LogP contribution >= 0.6 is 0 Å². The highest BCUT2D eigenvalue weighted by atomic mass is 19.3. The van der Waals surface area contributed by atoms with Gasteiger partial charge in [0.2, 0.25) is 5.92 Å². The second-order valence-corrected chi connectivity index (χ2v) is 4.82. The third kappa shape index (κ3) is 1.67. The Kier molecular flexibility index (Phi) is 2.54. The molecule has 0 radical (unpaired) electrons. The van der Waals surface area contributed by atoms with Crippen molar-refractivity contribution in [2.24, 2.45) is 11.3 Å². The molecule has 1 saturated heterocycles. The Balaban J connectivity index is 1.86. The highest BCUT2D eigenvalue weighted by Gasteiger charge is 2.51. The van der Waals surface area contributed by atoms with Crippen LogP contribution in [0.15, 0.2) is 0 Å². The van der Waals surface area contributed by atoms with E-state index in [0.717, 1.165) is 19.6 Å². The van der Waals surface area contributed by atoms with Crippen LogP contribution in [0, 0.1) is 11.3 Å². The van der Waals surface area contributed by atoms with Crippen molar-refractivity contribution in [2.75, 3.05) is 13.2 Å². The molecular formula is C11H18F2O. The molecule has 1 aliphatic heterocycles. The van der Waals surface area contributed by atoms with Gasteiger partial charge in [0.05, 0.1) is 13.2 Å². The topological polar surface area (TPSA) is 9.23 Å². The minimum absolute atomic E-state index is 0.0331. The Morgan fingerprint density at radius 3 is 2.79 bits per heavy atom. The maximum atomic E-state index is 13.1. The van der Waals surface area contributed by atoms with Gasteiger partial charge in [0, 0.05) is 12.8 Å². The Morgan fingerprint density at radius 1 is 1.50 bits per heavy atom. The SMILES string of the molecule is CCC(F)(F)CCC12CCC1COC2. The zero-order valence-corrected chi connectivity index (χ0v) is 8.69. The predicted octanol–water partition coefficient (Wildman–Crippen LogP) is 3.24. The summed E-state index contributed by atoms with van der Waals surface area (Å²) in [5.41, 5.74) is 0.138. The first-order chi connectivity index (χ1) is 6.58. The molecule has 0 N–H and O–H groups in total. The molecule has 2 unspecified atom stereocenters. The van der Waals surface area contributed by atoms with Gasteiger partial charge in [0.25, 0.3) is 0 Å². The molecule has 1 aliphatic carbocycles. The second kappa shape index (κ2) is 3.44. The summed E-state index contributed by atoms with van der Waals surface area (Å²) in [7, 11) is 0. The van der Waals surface area contributed by atoms with Crippen molar-refractivity contribution >= 4 is 0 Å². The summed E-state index contributed by atoms with van der Waals surface area (Å²) in [6.07, 6.45) is 2.94. The van der Waals surface area contributed by atoms with E-state index in [-0.39, 0.29) is 18.3 Å². The van der Waals surface area contributed by atoms with Crippen LogP contribution in [0.5, 0.6) is 0 Å². The number of hydrogen-bond donors (Lipinski definition) is 0. The Bertz CT molecular complexity index is 217. The first kappa shape index (κ1) is 10.3. The fourth-order valence-corrected chi connectivity index (χ4v) is 2.62. The number of hydrogen-bond acceptors (Lipinski definition) is 1. The quantitative estimate of drug-likeness (QED) is 0.683. The first-order valence-electron chi connectivity index (χ1n) is 5.54. The molecule has 2 rings (SSSR count). The summed E-state index contributed by atoms with van der Waals surface area (Å²) in [5.74, 6) is -1.88. The van der Waals surface area contributed by atoms with Crippen molar-refractivity contribution in [1.82, 2.24) is 0 Å². The second-order valence-electron chi connectivity index (χ2n) is 4.82. The smallest absolute Gasteiger partial charge is 0.247 e. The zero-order valence-electron chi connectivity index (χ0n) is 8.69. The highest BCUT2D eigenvalue weighted by Crippen LogP contribution is 2.54. The molecule has 3 heteroatoms. The van der Waals surface area contributed by atoms with Gasteiger partial charge in [-0.3, -0.25) is 0 Å². The fourth-order valence-electron chi connectivity index (χ4n) is 2.62. The maximum absolute atomic E-state index is 13.1. The van der Waals surface area contributed by atoms with E-state index in [1.54, 1.807) is 6.92 Å². The number of alkyl halides is 2. The third-order valence-electron chi connectivity index (χ3n) is 4.07. The standard InChI is InChI=1S/C11H18F2O/c1-2-11(12,13)6-5-10-4-3-9(10)7-14-8-10/h9H,2-8H2,1H3. The highest BCUT2D eigenvalue weighted by molar-refractivity contribution is 4.99. The summed E-state index contributed by atoms with van der Waals surface area (Å²) in [6, 6.07) is 0. The Labute approximate surface area is 83.8 Å². The average molecular weight is 204 g/mol. The molecule has 0 aromatic carbocycles. The average Bonchev–Trinajstić information content (AvgIpc) is 2.41. The van der Waals surface area contributed by atoms with Gasteiger partial charge in [0.15, 0.2) is 0 Å². The molecule has 1 nitrogen and oxygen atoms in total. The number of fused-ring (bicyclic) bond motifs is 1. The molecule has 0 aromatic rings. The zero-order chi connectivity index (χ0) is 10.2. The summed E-state index contributed by atoms with van der Waals surface area (Å²) < 4.78 is 31.6. The summed E-state index contributed by atoms with van der Waals surface area (Å²) in [5, 5.41) is 0. The van der Waals surface area contributed by atoms with E-state index in [4.69, 9.17) is 4.74 Å². The van der Waals surface area contributed by atoms with E-state index in [1.807, 2.05) is 0 Å². The number of rotatable bonds is 4. The van der Waals surface area contributed by atoms with E-state index in [9.17, 15) is 8.78 Å². The first-order valence-corrected chi connectivity index (χ1v) is 5.54. The largest absolute Gasteiger partial charge is 0.381 e. The van der Waals surface area contributed by atoms with Gasteiger partial charge in [0.1, 0.15) is 0 Å². The molecule has 1 saturated carbocycles. The van der Waals surface area contributed by atoms with Crippen LogP contribution in [-0.2, 0) is 4.74 Å². The van der Waals surface area contributed by atoms with Gasteiger partial charge in [-0.05, 0) is 30.6 Å². The van der Waals surface area contributed by atoms with Gasteiger partial charge >= 0.3 is 0 Å². The monoisotopic (exact) mass is 204 g/mol. The summed E-state index contributed by atoms with van der Waals surface area (Å²) in [6.45, 7) is 3.08. The molecule has 1 heterocycles. The van der Waals surface area contributed by atoms with Crippen molar-refractivity contribution in [3.05, 3.63) is 0 Å². The molecule has 0 spiro atoms. The van der Waals surface area contributed by atoms with Crippen molar-refractivity contribution in [2.45, 2.75) is 45.0 Å². The molecule has 82 valence electrons. The lowest BCUT2D eigenvalue weighted by molar-refractivity contribution is -0.0412. The lowest BCUT2D eigenvalue weighted by Crippen LogP contribution is -2.40. The Morgan fingerprint density at radius 2 is 2.29 bits per heavy atom. The van der Waals surface area contributed by atoms with E-state index in [1.165, 1.54) is 6.42 Å². The molecular weight excluding hydrogens is 186 g/mol. The summed E-state index contributed by atoms with van der Waals surface area (Å²) >= 11 is 0. The third-order valence-corrected chi connectivity index (χ3v) is 4.07. The normalized spacial score (nSPS) is 36.6. The minimum Gasteiger partial charge on any atom is -0.381 e. The minimum atomic E-state index is -2.46.